The average Bonchev–Trinajstić information content (AvgIpc) is 1.96. The second-order valence-electron chi connectivity index (χ2n) is 3.26. The summed E-state index contributed by atoms with van der Waals surface area (Å²) in [6.07, 6.45) is 0. The van der Waals surface area contributed by atoms with E-state index in [4.69, 9.17) is 5.11 Å². The highest BCUT2D eigenvalue weighted by molar-refractivity contribution is 5.52. The van der Waals surface area contributed by atoms with Gasteiger partial charge in [-0.2, -0.15) is 0 Å². The molecule has 1 heterocycles. The Morgan fingerprint density at radius 1 is 1.08 bits per heavy atom. The maximum absolute atomic E-state index is 9.22. The predicted octanol–water partition coefficient (Wildman–Crippen LogP) is 0.490. The van der Waals surface area contributed by atoms with Crippen molar-refractivity contribution in [1.82, 2.24) is 5.32 Å². The van der Waals surface area contributed by atoms with Crippen LogP contribution in [-0.4, -0.2) is 28.4 Å². The number of phenols is 3. The van der Waals surface area contributed by atoms with Crippen molar-refractivity contribution in [2.45, 2.75) is 5.92 Å². The van der Waals surface area contributed by atoms with E-state index in [2.05, 4.69) is 5.32 Å². The molecular weight excluding hydrogens is 170 g/mol. The molecule has 0 spiro atoms. The first-order valence-corrected chi connectivity index (χ1v) is 4.14. The Kier molecular flexibility index (Phi) is 1.77. The fourth-order valence-electron chi connectivity index (χ4n) is 1.39. The summed E-state index contributed by atoms with van der Waals surface area (Å²) in [6, 6.07) is 2.97. The van der Waals surface area contributed by atoms with Gasteiger partial charge in [0.05, 0.1) is 0 Å². The lowest BCUT2D eigenvalue weighted by atomic mass is 9.93. The van der Waals surface area contributed by atoms with Crippen LogP contribution in [0.2, 0.25) is 0 Å². The maximum atomic E-state index is 9.22. The predicted molar refractivity (Wildman–Crippen MR) is 47.0 cm³/mol. The normalized spacial score (nSPS) is 16.9. The summed E-state index contributed by atoms with van der Waals surface area (Å²) in [5, 5.41) is 30.6. The fraction of sp³-hybridized carbons (Fsp3) is 0.333. The Labute approximate surface area is 75.5 Å². The van der Waals surface area contributed by atoms with E-state index < -0.39 is 5.75 Å². The maximum Gasteiger partial charge on any atom is 0.200 e. The average molecular weight is 181 g/mol. The molecule has 2 rings (SSSR count). The topological polar surface area (TPSA) is 72.7 Å². The summed E-state index contributed by atoms with van der Waals surface area (Å²) < 4.78 is 0. The molecular formula is C9H11NO3. The van der Waals surface area contributed by atoms with Crippen molar-refractivity contribution < 1.29 is 15.3 Å². The van der Waals surface area contributed by atoms with Gasteiger partial charge in [0.2, 0.25) is 0 Å². The van der Waals surface area contributed by atoms with E-state index in [1.165, 1.54) is 12.1 Å². The fourth-order valence-corrected chi connectivity index (χ4v) is 1.39. The molecule has 1 aromatic carbocycles. The molecule has 1 fully saturated rings. The van der Waals surface area contributed by atoms with Gasteiger partial charge in [0, 0.05) is 19.0 Å². The lowest BCUT2D eigenvalue weighted by molar-refractivity contribution is 0.363. The molecule has 0 aliphatic carbocycles. The number of hydrogen-bond acceptors (Lipinski definition) is 4. The highest BCUT2D eigenvalue weighted by Gasteiger charge is 2.21. The third kappa shape index (κ3) is 1.29. The minimum Gasteiger partial charge on any atom is -0.504 e. The SMILES string of the molecule is Oc1cc(C2CNC2)cc(O)c1O. The van der Waals surface area contributed by atoms with Crippen molar-refractivity contribution in [3.05, 3.63) is 17.7 Å². The van der Waals surface area contributed by atoms with Crippen LogP contribution in [0.1, 0.15) is 11.5 Å². The molecule has 1 aliphatic rings. The summed E-state index contributed by atoms with van der Waals surface area (Å²) in [4.78, 5) is 0. The van der Waals surface area contributed by atoms with Crippen molar-refractivity contribution in [3.63, 3.8) is 0 Å². The number of hydrogen-bond donors (Lipinski definition) is 4. The molecule has 1 saturated heterocycles. The van der Waals surface area contributed by atoms with Crippen LogP contribution in [0.3, 0.4) is 0 Å². The minimum absolute atomic E-state index is 0.262. The van der Waals surface area contributed by atoms with Crippen LogP contribution in [0.15, 0.2) is 12.1 Å². The van der Waals surface area contributed by atoms with Gasteiger partial charge in [-0.3, -0.25) is 0 Å². The van der Waals surface area contributed by atoms with Crippen LogP contribution in [0, 0.1) is 0 Å². The first-order chi connectivity index (χ1) is 6.18. The van der Waals surface area contributed by atoms with Gasteiger partial charge >= 0.3 is 0 Å². The molecule has 0 saturated carbocycles. The Morgan fingerprint density at radius 3 is 2.00 bits per heavy atom. The summed E-state index contributed by atoms with van der Waals surface area (Å²) in [5.74, 6) is -0.641. The van der Waals surface area contributed by atoms with E-state index in [1.54, 1.807) is 0 Å². The van der Waals surface area contributed by atoms with Crippen molar-refractivity contribution in [2.75, 3.05) is 13.1 Å². The monoisotopic (exact) mass is 181 g/mol. The largest absolute Gasteiger partial charge is 0.504 e. The molecule has 13 heavy (non-hydrogen) atoms. The quantitative estimate of drug-likeness (QED) is 0.476. The molecule has 70 valence electrons. The van der Waals surface area contributed by atoms with Crippen molar-refractivity contribution in [3.8, 4) is 17.2 Å². The van der Waals surface area contributed by atoms with E-state index in [1.807, 2.05) is 0 Å². The smallest absolute Gasteiger partial charge is 0.200 e. The summed E-state index contributed by atoms with van der Waals surface area (Å²) in [6.45, 7) is 1.70. The Morgan fingerprint density at radius 2 is 1.62 bits per heavy atom. The Hall–Kier alpha value is -1.42. The summed E-state index contributed by atoms with van der Waals surface area (Å²) >= 11 is 0. The molecule has 0 unspecified atom stereocenters. The molecule has 0 radical (unpaired) electrons. The molecule has 1 aromatic rings. The molecule has 0 aromatic heterocycles. The van der Waals surface area contributed by atoms with E-state index in [9.17, 15) is 10.2 Å². The summed E-state index contributed by atoms with van der Waals surface area (Å²) in [5.41, 5.74) is 0.853. The van der Waals surface area contributed by atoms with Gasteiger partial charge in [0.15, 0.2) is 17.2 Å². The van der Waals surface area contributed by atoms with Crippen LogP contribution in [-0.2, 0) is 0 Å². The van der Waals surface area contributed by atoms with Gasteiger partial charge in [0.25, 0.3) is 0 Å². The molecule has 4 heteroatoms. The third-order valence-corrected chi connectivity index (χ3v) is 2.34. The van der Waals surface area contributed by atoms with Gasteiger partial charge in [-0.25, -0.2) is 0 Å². The number of nitrogens with one attached hydrogen (secondary N) is 1. The third-order valence-electron chi connectivity index (χ3n) is 2.34. The zero-order chi connectivity index (χ0) is 9.42. The lowest BCUT2D eigenvalue weighted by Crippen LogP contribution is -2.39. The zero-order valence-electron chi connectivity index (χ0n) is 6.99. The van der Waals surface area contributed by atoms with E-state index in [0.717, 1.165) is 18.7 Å². The molecule has 1 aliphatic heterocycles. The molecule has 0 atom stereocenters. The van der Waals surface area contributed by atoms with E-state index in [0.29, 0.717) is 5.92 Å². The van der Waals surface area contributed by atoms with E-state index >= 15 is 0 Å². The zero-order valence-corrected chi connectivity index (χ0v) is 6.99. The number of rotatable bonds is 1. The van der Waals surface area contributed by atoms with Crippen LogP contribution >= 0.6 is 0 Å². The first kappa shape index (κ1) is 8.19. The second-order valence-corrected chi connectivity index (χ2v) is 3.26. The highest BCUT2D eigenvalue weighted by Crippen LogP contribution is 2.38. The van der Waals surface area contributed by atoms with Crippen LogP contribution in [0.25, 0.3) is 0 Å². The molecule has 4 N–H and O–H groups in total. The highest BCUT2D eigenvalue weighted by atomic mass is 16.3. The van der Waals surface area contributed by atoms with Crippen molar-refractivity contribution >= 4 is 0 Å². The van der Waals surface area contributed by atoms with Gasteiger partial charge in [-0.15, -0.1) is 0 Å². The first-order valence-electron chi connectivity index (χ1n) is 4.14. The van der Waals surface area contributed by atoms with Gasteiger partial charge in [-0.1, -0.05) is 0 Å². The van der Waals surface area contributed by atoms with Crippen LogP contribution in [0.4, 0.5) is 0 Å². The number of aromatic hydroxyl groups is 3. The minimum atomic E-state index is -0.448. The van der Waals surface area contributed by atoms with Gasteiger partial charge in [0.1, 0.15) is 0 Å². The molecule has 0 amide bonds. The van der Waals surface area contributed by atoms with Crippen LogP contribution < -0.4 is 5.32 Å². The van der Waals surface area contributed by atoms with Crippen molar-refractivity contribution in [1.29, 1.82) is 0 Å². The molecule has 0 bridgehead atoms. The standard InChI is InChI=1S/C9H11NO3/c11-7-1-5(6-3-10-4-6)2-8(12)9(7)13/h1-2,6,10-13H,3-4H2. The van der Waals surface area contributed by atoms with Crippen molar-refractivity contribution in [2.24, 2.45) is 0 Å². The summed E-state index contributed by atoms with van der Waals surface area (Å²) in [7, 11) is 0. The van der Waals surface area contributed by atoms with Gasteiger partial charge in [-0.05, 0) is 17.7 Å². The number of benzene rings is 1. The Balaban J connectivity index is 2.37. The lowest BCUT2D eigenvalue weighted by Gasteiger charge is -2.27. The van der Waals surface area contributed by atoms with Gasteiger partial charge < -0.3 is 20.6 Å². The van der Waals surface area contributed by atoms with Crippen LogP contribution in [0.5, 0.6) is 17.2 Å². The second kappa shape index (κ2) is 2.81. The van der Waals surface area contributed by atoms with E-state index in [-0.39, 0.29) is 11.5 Å². The number of phenolic OH excluding ortho intramolecular Hbond substituents is 3. The Bertz CT molecular complexity index is 311. The molecule has 4 nitrogen and oxygen atoms in total.